The van der Waals surface area contributed by atoms with Crippen molar-refractivity contribution < 1.29 is 27.5 Å². The molecule has 0 saturated carbocycles. The van der Waals surface area contributed by atoms with E-state index in [2.05, 4.69) is 10.0 Å². The molecule has 0 radical (unpaired) electrons. The van der Waals surface area contributed by atoms with Crippen LogP contribution in [0, 0.1) is 0 Å². The second-order valence-corrected chi connectivity index (χ2v) is 9.64. The van der Waals surface area contributed by atoms with E-state index in [9.17, 15) is 22.8 Å². The van der Waals surface area contributed by atoms with Crippen LogP contribution in [0.15, 0.2) is 71.6 Å². The standard InChI is InChI=1S/C24H20ClN3O6S/c1-34-21-9-5-4-8-19(21)27-35(32,33)15-10-11-18(25)20(14-15)26-22(29)12-13-28-23(30)16-6-2-3-7-17(16)24(28)31/h2-11,14,27H,12-13H2,1H3,(H,26,29). The molecule has 35 heavy (non-hydrogen) atoms. The summed E-state index contributed by atoms with van der Waals surface area (Å²) in [4.78, 5) is 38.3. The highest BCUT2D eigenvalue weighted by Gasteiger charge is 2.35. The van der Waals surface area contributed by atoms with Crippen molar-refractivity contribution >= 4 is 50.7 Å². The molecular formula is C24H20ClN3O6S. The minimum atomic E-state index is -4.03. The number of ether oxygens (including phenoxy) is 1. The zero-order valence-electron chi connectivity index (χ0n) is 18.4. The number of imide groups is 1. The van der Waals surface area contributed by atoms with Crippen molar-refractivity contribution in [1.82, 2.24) is 4.90 Å². The molecule has 1 aliphatic rings. The first-order valence-electron chi connectivity index (χ1n) is 10.4. The van der Waals surface area contributed by atoms with Crippen molar-refractivity contribution in [1.29, 1.82) is 0 Å². The first-order chi connectivity index (χ1) is 16.7. The van der Waals surface area contributed by atoms with E-state index in [1.807, 2.05) is 0 Å². The van der Waals surface area contributed by atoms with Gasteiger partial charge in [-0.1, -0.05) is 35.9 Å². The van der Waals surface area contributed by atoms with Crippen LogP contribution in [0.1, 0.15) is 27.1 Å². The molecule has 0 spiro atoms. The van der Waals surface area contributed by atoms with Crippen molar-refractivity contribution in [2.24, 2.45) is 0 Å². The topological polar surface area (TPSA) is 122 Å². The number of hydrogen-bond donors (Lipinski definition) is 2. The van der Waals surface area contributed by atoms with Crippen LogP contribution >= 0.6 is 11.6 Å². The molecule has 3 aromatic carbocycles. The fourth-order valence-electron chi connectivity index (χ4n) is 3.57. The van der Waals surface area contributed by atoms with Crippen LogP contribution in [-0.4, -0.2) is 44.7 Å². The minimum absolute atomic E-state index is 0.0712. The average molecular weight is 514 g/mol. The Labute approximate surface area is 206 Å². The number of benzene rings is 3. The lowest BCUT2D eigenvalue weighted by molar-refractivity contribution is -0.116. The molecular weight excluding hydrogens is 494 g/mol. The molecule has 0 saturated heterocycles. The number of carbonyl (C=O) groups excluding carboxylic acids is 3. The van der Waals surface area contributed by atoms with Gasteiger partial charge in [0.2, 0.25) is 5.91 Å². The van der Waals surface area contributed by atoms with Crippen molar-refractivity contribution in [3.8, 4) is 5.75 Å². The van der Waals surface area contributed by atoms with Crippen molar-refractivity contribution in [2.75, 3.05) is 23.7 Å². The van der Waals surface area contributed by atoms with Gasteiger partial charge >= 0.3 is 0 Å². The van der Waals surface area contributed by atoms with Crippen LogP contribution in [-0.2, 0) is 14.8 Å². The first kappa shape index (κ1) is 24.2. The molecule has 1 aliphatic heterocycles. The number of nitrogens with one attached hydrogen (secondary N) is 2. The Morgan fingerprint density at radius 2 is 1.57 bits per heavy atom. The number of methoxy groups -OCH3 is 1. The van der Waals surface area contributed by atoms with E-state index in [1.165, 1.54) is 25.3 Å². The number of fused-ring (bicyclic) bond motifs is 1. The third-order valence-corrected chi connectivity index (χ3v) is 7.01. The molecule has 4 rings (SSSR count). The molecule has 0 aromatic heterocycles. The quantitative estimate of drug-likeness (QED) is 0.442. The molecule has 2 N–H and O–H groups in total. The number of anilines is 2. The summed E-state index contributed by atoms with van der Waals surface area (Å²) in [6.45, 7) is -0.136. The first-order valence-corrected chi connectivity index (χ1v) is 12.3. The smallest absolute Gasteiger partial charge is 0.262 e. The second-order valence-electron chi connectivity index (χ2n) is 7.55. The van der Waals surface area contributed by atoms with Gasteiger partial charge in [-0.2, -0.15) is 0 Å². The molecule has 0 fully saturated rings. The number of rotatable bonds is 8. The minimum Gasteiger partial charge on any atom is -0.495 e. The number of sulfonamides is 1. The number of nitrogens with zero attached hydrogens (tertiary/aromatic N) is 1. The van der Waals surface area contributed by atoms with Crippen LogP contribution in [0.5, 0.6) is 5.75 Å². The van der Waals surface area contributed by atoms with E-state index in [4.69, 9.17) is 16.3 Å². The molecule has 3 aromatic rings. The highest BCUT2D eigenvalue weighted by atomic mass is 35.5. The summed E-state index contributed by atoms with van der Waals surface area (Å²) in [6, 6.07) is 16.8. The maximum atomic E-state index is 12.9. The van der Waals surface area contributed by atoms with Gasteiger partial charge < -0.3 is 10.1 Å². The van der Waals surface area contributed by atoms with E-state index in [1.54, 1.807) is 48.5 Å². The Morgan fingerprint density at radius 3 is 2.23 bits per heavy atom. The molecule has 11 heteroatoms. The van der Waals surface area contributed by atoms with Crippen molar-refractivity contribution in [3.05, 3.63) is 82.9 Å². The van der Waals surface area contributed by atoms with E-state index in [0.717, 1.165) is 4.90 Å². The highest BCUT2D eigenvalue weighted by molar-refractivity contribution is 7.92. The predicted molar refractivity (Wildman–Crippen MR) is 130 cm³/mol. The van der Waals surface area contributed by atoms with E-state index in [0.29, 0.717) is 16.9 Å². The number of hydrogen-bond acceptors (Lipinski definition) is 6. The van der Waals surface area contributed by atoms with Gasteiger partial charge in [0.05, 0.1) is 39.5 Å². The van der Waals surface area contributed by atoms with E-state index in [-0.39, 0.29) is 34.3 Å². The van der Waals surface area contributed by atoms with Crippen LogP contribution < -0.4 is 14.8 Å². The zero-order chi connectivity index (χ0) is 25.2. The number of amides is 3. The van der Waals surface area contributed by atoms with Gasteiger partial charge in [0.1, 0.15) is 5.75 Å². The Bertz CT molecular complexity index is 1410. The molecule has 0 unspecified atom stereocenters. The summed E-state index contributed by atoms with van der Waals surface area (Å²) in [5.41, 5.74) is 0.904. The lowest BCUT2D eigenvalue weighted by atomic mass is 10.1. The number of halogens is 1. The second kappa shape index (κ2) is 9.77. The van der Waals surface area contributed by atoms with Crippen molar-refractivity contribution in [3.63, 3.8) is 0 Å². The third kappa shape index (κ3) is 4.98. The van der Waals surface area contributed by atoms with Gasteiger partial charge in [0, 0.05) is 13.0 Å². The summed E-state index contributed by atoms with van der Waals surface area (Å²) in [5.74, 6) is -1.14. The summed E-state index contributed by atoms with van der Waals surface area (Å²) in [5, 5.41) is 2.67. The zero-order valence-corrected chi connectivity index (χ0v) is 20.0. The summed E-state index contributed by atoms with van der Waals surface area (Å²) in [7, 11) is -2.61. The molecule has 0 atom stereocenters. The fourth-order valence-corrected chi connectivity index (χ4v) is 4.83. The molecule has 0 bridgehead atoms. The maximum absolute atomic E-state index is 12.9. The summed E-state index contributed by atoms with van der Waals surface area (Å²) < 4.78 is 33.4. The van der Waals surface area contributed by atoms with E-state index < -0.39 is 27.7 Å². The van der Waals surface area contributed by atoms with Crippen LogP contribution in [0.2, 0.25) is 5.02 Å². The summed E-state index contributed by atoms with van der Waals surface area (Å²) >= 11 is 6.16. The summed E-state index contributed by atoms with van der Waals surface area (Å²) in [6.07, 6.45) is -0.196. The Hall–Kier alpha value is -3.89. The SMILES string of the molecule is COc1ccccc1NS(=O)(=O)c1ccc(Cl)c(NC(=O)CCN2C(=O)c3ccccc3C2=O)c1. The Balaban J connectivity index is 1.45. The van der Waals surface area contributed by atoms with Gasteiger partial charge in [0.15, 0.2) is 0 Å². The third-order valence-electron chi connectivity index (χ3n) is 5.31. The number of para-hydroxylation sites is 2. The Morgan fingerprint density at radius 1 is 0.943 bits per heavy atom. The maximum Gasteiger partial charge on any atom is 0.262 e. The monoisotopic (exact) mass is 513 g/mol. The van der Waals surface area contributed by atoms with Gasteiger partial charge in [-0.05, 0) is 42.5 Å². The normalized spacial score (nSPS) is 12.9. The van der Waals surface area contributed by atoms with Crippen LogP contribution in [0.25, 0.3) is 0 Å². The molecule has 0 aliphatic carbocycles. The molecule has 9 nitrogen and oxygen atoms in total. The molecule has 180 valence electrons. The van der Waals surface area contributed by atoms with E-state index >= 15 is 0 Å². The van der Waals surface area contributed by atoms with Crippen LogP contribution in [0.3, 0.4) is 0 Å². The van der Waals surface area contributed by atoms with Gasteiger partial charge in [0.25, 0.3) is 21.8 Å². The van der Waals surface area contributed by atoms with Gasteiger partial charge in [-0.3, -0.25) is 24.0 Å². The number of carbonyl (C=O) groups is 3. The lowest BCUT2D eigenvalue weighted by Crippen LogP contribution is -2.32. The Kier molecular flexibility index (Phi) is 6.77. The average Bonchev–Trinajstić information content (AvgIpc) is 3.08. The molecule has 1 heterocycles. The van der Waals surface area contributed by atoms with Gasteiger partial charge in [-0.25, -0.2) is 8.42 Å². The van der Waals surface area contributed by atoms with Gasteiger partial charge in [-0.15, -0.1) is 0 Å². The predicted octanol–water partition coefficient (Wildman–Crippen LogP) is 3.77. The largest absolute Gasteiger partial charge is 0.495 e. The highest BCUT2D eigenvalue weighted by Crippen LogP contribution is 2.30. The molecule has 3 amide bonds. The lowest BCUT2D eigenvalue weighted by Gasteiger charge is -2.15. The van der Waals surface area contributed by atoms with Crippen molar-refractivity contribution in [2.45, 2.75) is 11.3 Å². The van der Waals surface area contributed by atoms with Crippen LogP contribution in [0.4, 0.5) is 11.4 Å². The fraction of sp³-hybridized carbons (Fsp3) is 0.125.